The topological polar surface area (TPSA) is 91.9 Å². The first-order valence-electron chi connectivity index (χ1n) is 5.87. The average Bonchev–Trinajstić information content (AvgIpc) is 2.40. The lowest BCUT2D eigenvalue weighted by atomic mass is 10.2. The van der Waals surface area contributed by atoms with Gasteiger partial charge < -0.3 is 15.5 Å². The molecule has 0 atom stereocenters. The van der Waals surface area contributed by atoms with Gasteiger partial charge in [0.15, 0.2) is 0 Å². The van der Waals surface area contributed by atoms with Crippen LogP contribution in [-0.2, 0) is 4.79 Å². The molecule has 0 aliphatic heterocycles. The average molecular weight is 269 g/mol. The van der Waals surface area contributed by atoms with Gasteiger partial charge in [0.1, 0.15) is 17.7 Å². The van der Waals surface area contributed by atoms with Gasteiger partial charge in [0, 0.05) is 6.20 Å². The standard InChI is InChI=1S/C14H15N5O/c1-19(2)10-14(20)18-13-6-4-3-5-12(13)17-9-11(7-15)8-16/h3-6,9,17H,10H2,1-2H3,(H,18,20). The van der Waals surface area contributed by atoms with Gasteiger partial charge in [-0.3, -0.25) is 4.79 Å². The zero-order chi connectivity index (χ0) is 15.0. The first-order chi connectivity index (χ1) is 9.56. The first kappa shape index (κ1) is 15.2. The summed E-state index contributed by atoms with van der Waals surface area (Å²) >= 11 is 0. The molecule has 0 aliphatic rings. The molecule has 1 amide bonds. The van der Waals surface area contributed by atoms with E-state index >= 15 is 0 Å². The molecule has 0 heterocycles. The Morgan fingerprint density at radius 2 is 1.85 bits per heavy atom. The van der Waals surface area contributed by atoms with Crippen LogP contribution in [0.2, 0.25) is 0 Å². The fourth-order valence-corrected chi connectivity index (χ4v) is 1.43. The molecule has 1 aromatic rings. The van der Waals surface area contributed by atoms with Gasteiger partial charge >= 0.3 is 0 Å². The zero-order valence-corrected chi connectivity index (χ0v) is 11.3. The van der Waals surface area contributed by atoms with Gasteiger partial charge in [-0.2, -0.15) is 10.5 Å². The van der Waals surface area contributed by atoms with Gasteiger partial charge in [-0.05, 0) is 26.2 Å². The largest absolute Gasteiger partial charge is 0.358 e. The molecule has 20 heavy (non-hydrogen) atoms. The van der Waals surface area contributed by atoms with Crippen LogP contribution in [0.25, 0.3) is 0 Å². The summed E-state index contributed by atoms with van der Waals surface area (Å²) in [4.78, 5) is 13.5. The SMILES string of the molecule is CN(C)CC(=O)Nc1ccccc1NC=C(C#N)C#N. The molecular formula is C14H15N5O. The molecule has 102 valence electrons. The number of hydrogen-bond acceptors (Lipinski definition) is 5. The Morgan fingerprint density at radius 1 is 1.25 bits per heavy atom. The van der Waals surface area contributed by atoms with Gasteiger partial charge in [-0.15, -0.1) is 0 Å². The quantitative estimate of drug-likeness (QED) is 0.791. The van der Waals surface area contributed by atoms with Crippen LogP contribution in [0.3, 0.4) is 0 Å². The molecule has 0 saturated carbocycles. The molecular weight excluding hydrogens is 254 g/mol. The number of nitriles is 2. The van der Waals surface area contributed by atoms with Crippen LogP contribution < -0.4 is 10.6 Å². The molecule has 0 aromatic heterocycles. The number of carbonyl (C=O) groups is 1. The molecule has 1 rings (SSSR count). The van der Waals surface area contributed by atoms with E-state index < -0.39 is 0 Å². The second-order valence-electron chi connectivity index (χ2n) is 4.26. The minimum Gasteiger partial charge on any atom is -0.358 e. The normalized spacial score (nSPS) is 9.25. The van der Waals surface area contributed by atoms with Crippen molar-refractivity contribution in [1.29, 1.82) is 10.5 Å². The van der Waals surface area contributed by atoms with Crippen LogP contribution >= 0.6 is 0 Å². The third-order valence-electron chi connectivity index (χ3n) is 2.27. The van der Waals surface area contributed by atoms with Crippen molar-refractivity contribution in [2.45, 2.75) is 0 Å². The number of rotatable bonds is 5. The molecule has 6 heteroatoms. The zero-order valence-electron chi connectivity index (χ0n) is 11.3. The van der Waals surface area contributed by atoms with E-state index in [0.29, 0.717) is 11.4 Å². The molecule has 1 aromatic carbocycles. The van der Waals surface area contributed by atoms with E-state index in [2.05, 4.69) is 10.6 Å². The van der Waals surface area contributed by atoms with E-state index in [9.17, 15) is 4.79 Å². The minimum absolute atomic E-state index is 0.0422. The van der Waals surface area contributed by atoms with E-state index in [1.807, 2.05) is 0 Å². The Bertz CT molecular complexity index is 576. The Labute approximate surface area is 117 Å². The summed E-state index contributed by atoms with van der Waals surface area (Å²) in [7, 11) is 3.61. The number of likely N-dealkylation sites (N-methyl/N-ethyl adjacent to an activating group) is 1. The van der Waals surface area contributed by atoms with Crippen molar-refractivity contribution in [3.63, 3.8) is 0 Å². The Kier molecular flexibility index (Phi) is 5.76. The van der Waals surface area contributed by atoms with Gasteiger partial charge in [-0.1, -0.05) is 12.1 Å². The number of para-hydroxylation sites is 2. The number of carbonyl (C=O) groups excluding carboxylic acids is 1. The van der Waals surface area contributed by atoms with E-state index in [1.165, 1.54) is 6.20 Å². The highest BCUT2D eigenvalue weighted by molar-refractivity contribution is 5.95. The number of amides is 1. The Morgan fingerprint density at radius 3 is 2.40 bits per heavy atom. The fraction of sp³-hybridized carbons (Fsp3) is 0.214. The molecule has 0 fully saturated rings. The lowest BCUT2D eigenvalue weighted by Gasteiger charge is -2.13. The fourth-order valence-electron chi connectivity index (χ4n) is 1.43. The lowest BCUT2D eigenvalue weighted by Crippen LogP contribution is -2.27. The highest BCUT2D eigenvalue weighted by Gasteiger charge is 2.06. The first-order valence-corrected chi connectivity index (χ1v) is 5.87. The summed E-state index contributed by atoms with van der Waals surface area (Å²) in [5.41, 5.74) is 1.16. The predicted octanol–water partition coefficient (Wildman–Crippen LogP) is 1.53. The van der Waals surface area contributed by atoms with Crippen molar-refractivity contribution in [3.05, 3.63) is 36.0 Å². The highest BCUT2D eigenvalue weighted by atomic mass is 16.2. The lowest BCUT2D eigenvalue weighted by molar-refractivity contribution is -0.116. The number of anilines is 2. The number of nitrogens with zero attached hydrogens (tertiary/aromatic N) is 3. The Balaban J connectivity index is 2.84. The minimum atomic E-state index is -0.144. The van der Waals surface area contributed by atoms with Gasteiger partial charge in [-0.25, -0.2) is 0 Å². The molecule has 2 N–H and O–H groups in total. The maximum Gasteiger partial charge on any atom is 0.238 e. The van der Waals surface area contributed by atoms with Crippen LogP contribution in [0.1, 0.15) is 0 Å². The van der Waals surface area contributed by atoms with E-state index in [1.54, 1.807) is 55.4 Å². The maximum atomic E-state index is 11.7. The summed E-state index contributed by atoms with van der Waals surface area (Å²) in [6, 6.07) is 10.6. The third-order valence-corrected chi connectivity index (χ3v) is 2.27. The number of nitrogens with one attached hydrogen (secondary N) is 2. The predicted molar refractivity (Wildman–Crippen MR) is 76.6 cm³/mol. The Hall–Kier alpha value is -2.83. The summed E-state index contributed by atoms with van der Waals surface area (Å²) in [5, 5.41) is 22.9. The van der Waals surface area contributed by atoms with Crippen molar-refractivity contribution in [2.75, 3.05) is 31.3 Å². The van der Waals surface area contributed by atoms with Crippen molar-refractivity contribution in [2.24, 2.45) is 0 Å². The van der Waals surface area contributed by atoms with Gasteiger partial charge in [0.25, 0.3) is 0 Å². The summed E-state index contributed by atoms with van der Waals surface area (Å²) in [5.74, 6) is -0.144. The molecule has 0 saturated heterocycles. The van der Waals surface area contributed by atoms with Crippen LogP contribution in [0.5, 0.6) is 0 Å². The van der Waals surface area contributed by atoms with Gasteiger partial charge in [0.05, 0.1) is 17.9 Å². The van der Waals surface area contributed by atoms with Crippen LogP contribution in [0.4, 0.5) is 11.4 Å². The highest BCUT2D eigenvalue weighted by Crippen LogP contribution is 2.21. The maximum absolute atomic E-state index is 11.7. The molecule has 0 unspecified atom stereocenters. The molecule has 0 radical (unpaired) electrons. The molecule has 0 spiro atoms. The third kappa shape index (κ3) is 4.81. The van der Waals surface area contributed by atoms with E-state index in [-0.39, 0.29) is 18.0 Å². The van der Waals surface area contributed by atoms with E-state index in [0.717, 1.165) is 0 Å². The summed E-state index contributed by atoms with van der Waals surface area (Å²) in [6.07, 6.45) is 1.30. The van der Waals surface area contributed by atoms with Crippen molar-refractivity contribution < 1.29 is 4.79 Å². The smallest absolute Gasteiger partial charge is 0.238 e. The van der Waals surface area contributed by atoms with Crippen LogP contribution in [0, 0.1) is 22.7 Å². The van der Waals surface area contributed by atoms with Crippen molar-refractivity contribution >= 4 is 17.3 Å². The van der Waals surface area contributed by atoms with Crippen molar-refractivity contribution in [3.8, 4) is 12.1 Å². The van der Waals surface area contributed by atoms with E-state index in [4.69, 9.17) is 10.5 Å². The second kappa shape index (κ2) is 7.57. The second-order valence-corrected chi connectivity index (χ2v) is 4.26. The van der Waals surface area contributed by atoms with Crippen molar-refractivity contribution in [1.82, 2.24) is 4.90 Å². The summed E-state index contributed by atoms with van der Waals surface area (Å²) in [6.45, 7) is 0.270. The number of hydrogen-bond donors (Lipinski definition) is 2. The number of allylic oxidation sites excluding steroid dienone is 1. The van der Waals surface area contributed by atoms with Gasteiger partial charge in [0.2, 0.25) is 5.91 Å². The molecule has 0 bridgehead atoms. The summed E-state index contributed by atoms with van der Waals surface area (Å²) < 4.78 is 0. The van der Waals surface area contributed by atoms with Crippen LogP contribution in [0.15, 0.2) is 36.0 Å². The molecule has 6 nitrogen and oxygen atoms in total. The monoisotopic (exact) mass is 269 g/mol. The van der Waals surface area contributed by atoms with Crippen LogP contribution in [-0.4, -0.2) is 31.4 Å². The molecule has 0 aliphatic carbocycles. The number of benzene rings is 1.